The van der Waals surface area contributed by atoms with Gasteiger partial charge in [-0.2, -0.15) is 0 Å². The molecule has 0 radical (unpaired) electrons. The summed E-state index contributed by atoms with van der Waals surface area (Å²) in [6.45, 7) is 3.90. The van der Waals surface area contributed by atoms with Crippen LogP contribution < -0.4 is 5.73 Å². The van der Waals surface area contributed by atoms with Crippen LogP contribution in [0.25, 0.3) is 0 Å². The third-order valence-electron chi connectivity index (χ3n) is 1.90. The summed E-state index contributed by atoms with van der Waals surface area (Å²) < 4.78 is 5.70. The SMILES string of the molecule is CCOC(=O)C(N)c1ccc(Br)c(C)n1.Cl. The minimum absolute atomic E-state index is 0. The number of carbonyl (C=O) groups is 1. The van der Waals surface area contributed by atoms with Gasteiger partial charge >= 0.3 is 5.97 Å². The molecular formula is C10H14BrClN2O2. The van der Waals surface area contributed by atoms with Crippen molar-refractivity contribution in [1.29, 1.82) is 0 Å². The van der Waals surface area contributed by atoms with Gasteiger partial charge in [-0.25, -0.2) is 4.79 Å². The molecule has 0 aliphatic carbocycles. The van der Waals surface area contributed by atoms with E-state index in [9.17, 15) is 4.79 Å². The number of carbonyl (C=O) groups excluding carboxylic acids is 1. The van der Waals surface area contributed by atoms with Crippen molar-refractivity contribution in [1.82, 2.24) is 4.98 Å². The first-order chi connectivity index (χ1) is 7.06. The monoisotopic (exact) mass is 308 g/mol. The molecule has 0 saturated carbocycles. The van der Waals surface area contributed by atoms with E-state index in [-0.39, 0.29) is 12.4 Å². The van der Waals surface area contributed by atoms with Crippen LogP contribution in [0, 0.1) is 6.92 Å². The summed E-state index contributed by atoms with van der Waals surface area (Å²) in [6, 6.07) is 2.71. The lowest BCUT2D eigenvalue weighted by molar-refractivity contribution is -0.144. The number of hydrogen-bond acceptors (Lipinski definition) is 4. The summed E-state index contributed by atoms with van der Waals surface area (Å²) in [5.74, 6) is -0.452. The molecule has 16 heavy (non-hydrogen) atoms. The van der Waals surface area contributed by atoms with E-state index in [1.807, 2.05) is 13.0 Å². The predicted octanol–water partition coefficient (Wildman–Crippen LogP) is 2.14. The van der Waals surface area contributed by atoms with Gasteiger partial charge in [-0.15, -0.1) is 12.4 Å². The van der Waals surface area contributed by atoms with Crippen molar-refractivity contribution in [2.24, 2.45) is 5.73 Å². The lowest BCUT2D eigenvalue weighted by Gasteiger charge is -2.10. The second-order valence-corrected chi connectivity index (χ2v) is 3.89. The molecule has 0 aromatic carbocycles. The topological polar surface area (TPSA) is 65.2 Å². The quantitative estimate of drug-likeness (QED) is 0.869. The summed E-state index contributed by atoms with van der Waals surface area (Å²) in [7, 11) is 0. The molecule has 0 fully saturated rings. The molecule has 4 nitrogen and oxygen atoms in total. The zero-order valence-electron chi connectivity index (χ0n) is 9.07. The van der Waals surface area contributed by atoms with Crippen molar-refractivity contribution in [2.45, 2.75) is 19.9 Å². The summed E-state index contributed by atoms with van der Waals surface area (Å²) in [6.07, 6.45) is 0. The first-order valence-electron chi connectivity index (χ1n) is 4.61. The van der Waals surface area contributed by atoms with E-state index in [0.29, 0.717) is 12.3 Å². The Morgan fingerprint density at radius 3 is 2.75 bits per heavy atom. The second kappa shape index (κ2) is 6.83. The van der Waals surface area contributed by atoms with Gasteiger partial charge in [0.25, 0.3) is 0 Å². The minimum atomic E-state index is -0.809. The van der Waals surface area contributed by atoms with Gasteiger partial charge in [-0.3, -0.25) is 4.98 Å². The summed E-state index contributed by atoms with van der Waals surface area (Å²) >= 11 is 3.33. The van der Waals surface area contributed by atoms with Gasteiger partial charge in [0.05, 0.1) is 18.0 Å². The molecular weight excluding hydrogens is 295 g/mol. The molecule has 1 atom stereocenters. The standard InChI is InChI=1S/C10H13BrN2O2.ClH/c1-3-15-10(14)9(12)8-5-4-7(11)6(2)13-8;/h4-5,9H,3,12H2,1-2H3;1H. The highest BCUT2D eigenvalue weighted by molar-refractivity contribution is 9.10. The number of pyridine rings is 1. The third kappa shape index (κ3) is 3.73. The van der Waals surface area contributed by atoms with Gasteiger partial charge in [0.15, 0.2) is 0 Å². The molecule has 1 aromatic rings. The number of halogens is 2. The zero-order chi connectivity index (χ0) is 11.4. The first-order valence-corrected chi connectivity index (χ1v) is 5.40. The molecule has 1 aromatic heterocycles. The van der Waals surface area contributed by atoms with Gasteiger partial charge < -0.3 is 10.5 Å². The van der Waals surface area contributed by atoms with Crippen molar-refractivity contribution in [3.05, 3.63) is 28.0 Å². The smallest absolute Gasteiger partial charge is 0.329 e. The normalized spacial score (nSPS) is 11.5. The summed E-state index contributed by atoms with van der Waals surface area (Å²) in [5, 5.41) is 0. The number of esters is 1. The van der Waals surface area contributed by atoms with Gasteiger partial charge in [0.2, 0.25) is 0 Å². The van der Waals surface area contributed by atoms with Crippen LogP contribution in [0.2, 0.25) is 0 Å². The van der Waals surface area contributed by atoms with Crippen LogP contribution >= 0.6 is 28.3 Å². The lowest BCUT2D eigenvalue weighted by Crippen LogP contribution is -2.24. The molecule has 2 N–H and O–H groups in total. The fourth-order valence-electron chi connectivity index (χ4n) is 1.09. The highest BCUT2D eigenvalue weighted by Gasteiger charge is 2.18. The number of nitrogens with two attached hydrogens (primary N) is 1. The number of hydrogen-bond donors (Lipinski definition) is 1. The number of nitrogens with zero attached hydrogens (tertiary/aromatic N) is 1. The Morgan fingerprint density at radius 2 is 2.25 bits per heavy atom. The zero-order valence-corrected chi connectivity index (χ0v) is 11.5. The molecule has 1 heterocycles. The van der Waals surface area contributed by atoms with Crippen molar-refractivity contribution in [3.63, 3.8) is 0 Å². The van der Waals surface area contributed by atoms with E-state index < -0.39 is 12.0 Å². The maximum atomic E-state index is 11.3. The molecule has 0 aliphatic heterocycles. The van der Waals surface area contributed by atoms with Crippen LogP contribution in [-0.4, -0.2) is 17.6 Å². The van der Waals surface area contributed by atoms with Gasteiger partial charge in [-0.05, 0) is 41.9 Å². The Balaban J connectivity index is 0.00000225. The molecule has 1 unspecified atom stereocenters. The highest BCUT2D eigenvalue weighted by atomic mass is 79.9. The average Bonchev–Trinajstić information content (AvgIpc) is 2.21. The van der Waals surface area contributed by atoms with Gasteiger partial charge in [0, 0.05) is 4.47 Å². The average molecular weight is 310 g/mol. The molecule has 6 heteroatoms. The van der Waals surface area contributed by atoms with E-state index in [1.54, 1.807) is 13.0 Å². The largest absolute Gasteiger partial charge is 0.465 e. The maximum Gasteiger partial charge on any atom is 0.329 e. The van der Waals surface area contributed by atoms with Crippen LogP contribution in [0.5, 0.6) is 0 Å². The first kappa shape index (κ1) is 15.3. The second-order valence-electron chi connectivity index (χ2n) is 3.03. The Kier molecular flexibility index (Phi) is 6.55. The Morgan fingerprint density at radius 1 is 1.62 bits per heavy atom. The molecule has 90 valence electrons. The molecule has 0 saturated heterocycles. The van der Waals surface area contributed by atoms with E-state index >= 15 is 0 Å². The maximum absolute atomic E-state index is 11.3. The Hall–Kier alpha value is -0.650. The molecule has 1 rings (SSSR count). The predicted molar refractivity (Wildman–Crippen MR) is 67.5 cm³/mol. The molecule has 0 bridgehead atoms. The van der Waals surface area contributed by atoms with Crippen LogP contribution in [0.4, 0.5) is 0 Å². The van der Waals surface area contributed by atoms with E-state index in [2.05, 4.69) is 20.9 Å². The minimum Gasteiger partial charge on any atom is -0.465 e. The van der Waals surface area contributed by atoms with Crippen LogP contribution in [0.15, 0.2) is 16.6 Å². The Labute approximate surface area is 109 Å². The van der Waals surface area contributed by atoms with E-state index in [1.165, 1.54) is 0 Å². The van der Waals surface area contributed by atoms with Crippen LogP contribution in [0.3, 0.4) is 0 Å². The van der Waals surface area contributed by atoms with Crippen molar-refractivity contribution in [3.8, 4) is 0 Å². The summed E-state index contributed by atoms with van der Waals surface area (Å²) in [5.41, 5.74) is 7.01. The van der Waals surface area contributed by atoms with Crippen molar-refractivity contribution in [2.75, 3.05) is 6.61 Å². The highest BCUT2D eigenvalue weighted by Crippen LogP contribution is 2.17. The third-order valence-corrected chi connectivity index (χ3v) is 2.74. The fourth-order valence-corrected chi connectivity index (χ4v) is 1.31. The number of aromatic nitrogens is 1. The number of ether oxygens (including phenoxy) is 1. The number of rotatable bonds is 3. The van der Waals surface area contributed by atoms with Gasteiger partial charge in [0.1, 0.15) is 6.04 Å². The van der Waals surface area contributed by atoms with Crippen LogP contribution in [-0.2, 0) is 9.53 Å². The van der Waals surface area contributed by atoms with E-state index in [0.717, 1.165) is 10.2 Å². The Bertz CT molecular complexity index is 374. The summed E-state index contributed by atoms with van der Waals surface area (Å²) in [4.78, 5) is 15.5. The fraction of sp³-hybridized carbons (Fsp3) is 0.400. The molecule has 0 amide bonds. The molecule has 0 spiro atoms. The van der Waals surface area contributed by atoms with E-state index in [4.69, 9.17) is 10.5 Å². The molecule has 0 aliphatic rings. The lowest BCUT2D eigenvalue weighted by atomic mass is 10.2. The van der Waals surface area contributed by atoms with Gasteiger partial charge in [-0.1, -0.05) is 0 Å². The van der Waals surface area contributed by atoms with Crippen molar-refractivity contribution >= 4 is 34.3 Å². The van der Waals surface area contributed by atoms with Crippen LogP contribution in [0.1, 0.15) is 24.4 Å². The number of aryl methyl sites for hydroxylation is 1. The van der Waals surface area contributed by atoms with Crippen molar-refractivity contribution < 1.29 is 9.53 Å².